The zero-order valence-corrected chi connectivity index (χ0v) is 23.9. The largest absolute Gasteiger partial charge is 0.493 e. The van der Waals surface area contributed by atoms with Crippen molar-refractivity contribution in [3.8, 4) is 11.5 Å². The van der Waals surface area contributed by atoms with Gasteiger partial charge in [-0.15, -0.1) is 5.11 Å². The second kappa shape index (κ2) is 12.9. The van der Waals surface area contributed by atoms with E-state index >= 15 is 0 Å². The third kappa shape index (κ3) is 6.32. The first-order valence-corrected chi connectivity index (χ1v) is 14.7. The van der Waals surface area contributed by atoms with Crippen LogP contribution in [0, 0.1) is 0 Å². The Bertz CT molecular complexity index is 1540. The molecule has 0 unspecified atom stereocenters. The van der Waals surface area contributed by atoms with Crippen molar-refractivity contribution >= 4 is 34.6 Å². The van der Waals surface area contributed by atoms with E-state index in [1.165, 1.54) is 12.8 Å². The molecule has 0 aliphatic carbocycles. The number of benzene rings is 3. The minimum absolute atomic E-state index is 0.289. The molecule has 2 aliphatic rings. The number of aromatic nitrogens is 3. The number of piperidine rings is 2. The van der Waals surface area contributed by atoms with Crippen LogP contribution in [0.1, 0.15) is 54.4 Å². The lowest BCUT2D eigenvalue weighted by Crippen LogP contribution is -2.34. The number of methoxy groups -OCH3 is 1. The van der Waals surface area contributed by atoms with Crippen molar-refractivity contribution in [3.63, 3.8) is 0 Å². The quantitative estimate of drug-likeness (QED) is 0.135. The molecule has 2 aliphatic heterocycles. The van der Waals surface area contributed by atoms with E-state index in [0.29, 0.717) is 34.9 Å². The topological polar surface area (TPSA) is 105 Å². The Morgan fingerprint density at radius 2 is 1.45 bits per heavy atom. The van der Waals surface area contributed by atoms with Crippen LogP contribution in [0.15, 0.2) is 70.9 Å². The number of nitrogens with zero attached hydrogens (tertiary/aromatic N) is 7. The van der Waals surface area contributed by atoms with Crippen LogP contribution in [0.3, 0.4) is 0 Å². The summed E-state index contributed by atoms with van der Waals surface area (Å²) in [6, 6.07) is 18.7. The molecule has 1 aromatic heterocycles. The highest BCUT2D eigenvalue weighted by molar-refractivity contribution is 6.05. The molecule has 3 heterocycles. The van der Waals surface area contributed by atoms with Gasteiger partial charge >= 0.3 is 5.97 Å². The highest BCUT2D eigenvalue weighted by atomic mass is 16.6. The van der Waals surface area contributed by atoms with Crippen LogP contribution < -0.4 is 19.3 Å². The Balaban J connectivity index is 1.18. The van der Waals surface area contributed by atoms with E-state index in [4.69, 9.17) is 14.5 Å². The van der Waals surface area contributed by atoms with Gasteiger partial charge in [0.2, 0.25) is 11.9 Å². The van der Waals surface area contributed by atoms with Crippen LogP contribution in [0.5, 0.6) is 11.5 Å². The van der Waals surface area contributed by atoms with Crippen LogP contribution in [0.4, 0.5) is 17.8 Å². The number of anilines is 2. The summed E-state index contributed by atoms with van der Waals surface area (Å²) in [5.41, 5.74) is 1.35. The third-order valence-electron chi connectivity index (χ3n) is 7.73. The molecule has 0 saturated carbocycles. The Hall–Kier alpha value is -4.60. The van der Waals surface area contributed by atoms with Gasteiger partial charge in [-0.2, -0.15) is 20.1 Å². The summed E-state index contributed by atoms with van der Waals surface area (Å²) in [7, 11) is 1.55. The lowest BCUT2D eigenvalue weighted by Gasteiger charge is -2.29. The molecule has 10 heteroatoms. The Morgan fingerprint density at radius 1 is 0.786 bits per heavy atom. The van der Waals surface area contributed by atoms with Crippen molar-refractivity contribution in [2.45, 2.75) is 45.1 Å². The molecule has 6 rings (SSSR count). The van der Waals surface area contributed by atoms with E-state index in [1.807, 2.05) is 42.5 Å². The molecule has 2 saturated heterocycles. The molecule has 3 aromatic carbocycles. The molecular weight excluding hydrogens is 530 g/mol. The number of carbonyl (C=O) groups excluding carboxylic acids is 1. The Labute approximate surface area is 245 Å². The van der Waals surface area contributed by atoms with Gasteiger partial charge in [0, 0.05) is 26.2 Å². The number of rotatable bonds is 8. The van der Waals surface area contributed by atoms with Gasteiger partial charge in [-0.05, 0) is 73.1 Å². The first kappa shape index (κ1) is 27.6. The molecule has 10 nitrogen and oxygen atoms in total. The van der Waals surface area contributed by atoms with E-state index in [1.54, 1.807) is 25.3 Å². The van der Waals surface area contributed by atoms with Crippen molar-refractivity contribution < 1.29 is 14.3 Å². The summed E-state index contributed by atoms with van der Waals surface area (Å²) in [4.78, 5) is 31.6. The molecule has 42 heavy (non-hydrogen) atoms. The summed E-state index contributed by atoms with van der Waals surface area (Å²) >= 11 is 0. The second-order valence-corrected chi connectivity index (χ2v) is 10.6. The highest BCUT2D eigenvalue weighted by Gasteiger charge is 2.20. The molecule has 0 amide bonds. The van der Waals surface area contributed by atoms with Crippen molar-refractivity contribution in [1.82, 2.24) is 15.0 Å². The molecular formula is C32H35N7O3. The average Bonchev–Trinajstić information content (AvgIpc) is 3.05. The van der Waals surface area contributed by atoms with E-state index in [9.17, 15) is 4.79 Å². The lowest BCUT2D eigenvalue weighted by molar-refractivity contribution is 0.0731. The number of carbonyl (C=O) groups is 1. The van der Waals surface area contributed by atoms with E-state index in [2.05, 4.69) is 30.0 Å². The molecule has 4 aromatic rings. The standard InChI is InChI=1S/C32H35N7O3/c1-41-28-21-23(15-16-27(28)42-29(40)26-14-10-12-24-11-4-5-13-25(24)26)22-33-37-30-34-31(38-17-6-2-7-18-38)36-32(35-30)39-19-8-3-9-20-39/h4-5,10-16,21H,2-3,6-9,17-20,22H2,1H3. The van der Waals surface area contributed by atoms with Crippen LogP contribution in [-0.2, 0) is 6.54 Å². The van der Waals surface area contributed by atoms with Crippen molar-refractivity contribution in [3.05, 3.63) is 71.8 Å². The second-order valence-electron chi connectivity index (χ2n) is 10.6. The fourth-order valence-corrected chi connectivity index (χ4v) is 5.49. The minimum Gasteiger partial charge on any atom is -0.493 e. The van der Waals surface area contributed by atoms with Gasteiger partial charge < -0.3 is 19.3 Å². The predicted molar refractivity (Wildman–Crippen MR) is 162 cm³/mol. The van der Waals surface area contributed by atoms with Crippen molar-refractivity contribution in [1.29, 1.82) is 0 Å². The summed E-state index contributed by atoms with van der Waals surface area (Å²) in [5, 5.41) is 10.6. The molecule has 0 atom stereocenters. The Morgan fingerprint density at radius 3 is 2.14 bits per heavy atom. The molecule has 0 bridgehead atoms. The van der Waals surface area contributed by atoms with Gasteiger partial charge in [-0.1, -0.05) is 42.5 Å². The van der Waals surface area contributed by atoms with Gasteiger partial charge in [-0.25, -0.2) is 4.79 Å². The third-order valence-corrected chi connectivity index (χ3v) is 7.73. The summed E-state index contributed by atoms with van der Waals surface area (Å²) < 4.78 is 11.3. The smallest absolute Gasteiger partial charge is 0.344 e. The number of fused-ring (bicyclic) bond motifs is 1. The number of esters is 1. The molecule has 216 valence electrons. The van der Waals surface area contributed by atoms with E-state index < -0.39 is 5.97 Å². The van der Waals surface area contributed by atoms with E-state index in [0.717, 1.165) is 68.2 Å². The fourth-order valence-electron chi connectivity index (χ4n) is 5.49. The summed E-state index contributed by atoms with van der Waals surface area (Å²) in [5.74, 6) is 2.01. The number of hydrogen-bond donors (Lipinski definition) is 0. The van der Waals surface area contributed by atoms with Gasteiger partial charge in [0.05, 0.1) is 19.2 Å². The molecule has 0 N–H and O–H groups in total. The van der Waals surface area contributed by atoms with E-state index in [-0.39, 0.29) is 6.54 Å². The van der Waals surface area contributed by atoms with Crippen LogP contribution in [-0.4, -0.2) is 54.2 Å². The maximum Gasteiger partial charge on any atom is 0.344 e. The normalized spacial score (nSPS) is 15.7. The van der Waals surface area contributed by atoms with Crippen molar-refractivity contribution in [2.24, 2.45) is 10.2 Å². The van der Waals surface area contributed by atoms with Gasteiger partial charge in [0.25, 0.3) is 5.95 Å². The lowest BCUT2D eigenvalue weighted by atomic mass is 10.0. The summed E-state index contributed by atoms with van der Waals surface area (Å²) in [6.07, 6.45) is 7.01. The minimum atomic E-state index is -0.443. The van der Waals surface area contributed by atoms with Crippen LogP contribution >= 0.6 is 0 Å². The van der Waals surface area contributed by atoms with Crippen molar-refractivity contribution in [2.75, 3.05) is 43.1 Å². The number of azo groups is 1. The summed E-state index contributed by atoms with van der Waals surface area (Å²) in [6.45, 7) is 4.06. The number of ether oxygens (including phenoxy) is 2. The predicted octanol–water partition coefficient (Wildman–Crippen LogP) is 6.52. The number of hydrogen-bond acceptors (Lipinski definition) is 10. The monoisotopic (exact) mass is 565 g/mol. The van der Waals surface area contributed by atoms with Gasteiger partial charge in [-0.3, -0.25) is 0 Å². The maximum atomic E-state index is 13.1. The molecule has 0 spiro atoms. The zero-order chi connectivity index (χ0) is 28.7. The van der Waals surface area contributed by atoms with Crippen LogP contribution in [0.25, 0.3) is 10.8 Å². The molecule has 2 fully saturated rings. The SMILES string of the molecule is COc1cc(CN=Nc2nc(N3CCCCC3)nc(N3CCCCC3)n2)ccc1OC(=O)c1cccc2ccccc12. The first-order valence-electron chi connectivity index (χ1n) is 14.7. The van der Waals surface area contributed by atoms with Gasteiger partial charge in [0.1, 0.15) is 0 Å². The molecule has 0 radical (unpaired) electrons. The average molecular weight is 566 g/mol. The zero-order valence-electron chi connectivity index (χ0n) is 23.9. The fraction of sp³-hybridized carbons (Fsp3) is 0.375. The Kier molecular flexibility index (Phi) is 8.48. The van der Waals surface area contributed by atoms with Crippen LogP contribution in [0.2, 0.25) is 0 Å². The van der Waals surface area contributed by atoms with Gasteiger partial charge in [0.15, 0.2) is 11.5 Å². The maximum absolute atomic E-state index is 13.1. The highest BCUT2D eigenvalue weighted by Crippen LogP contribution is 2.30. The first-order chi connectivity index (χ1) is 20.7.